The molecule has 0 fully saturated rings. The van der Waals surface area contributed by atoms with Crippen LogP contribution in [0.25, 0.3) is 0 Å². The van der Waals surface area contributed by atoms with Crippen LogP contribution in [0.15, 0.2) is 17.1 Å². The summed E-state index contributed by atoms with van der Waals surface area (Å²) < 4.78 is 15.9. The fourth-order valence-corrected chi connectivity index (χ4v) is 1.82. The highest BCUT2D eigenvalue weighted by Gasteiger charge is 2.12. The molecule has 0 saturated heterocycles. The summed E-state index contributed by atoms with van der Waals surface area (Å²) in [4.78, 5) is 6.56. The largest absolute Gasteiger partial charge is 0.493 e. The molecule has 0 heterocycles. The zero-order valence-corrected chi connectivity index (χ0v) is 13.0. The molecular weight excluding hydrogens is 256 g/mol. The number of rotatable bonds is 8. The van der Waals surface area contributed by atoms with Crippen LogP contribution in [-0.2, 0) is 0 Å². The Hall–Kier alpha value is -1.75. The van der Waals surface area contributed by atoms with Crippen molar-refractivity contribution in [2.24, 2.45) is 4.99 Å². The van der Waals surface area contributed by atoms with Crippen LogP contribution in [-0.4, -0.2) is 59.6 Å². The lowest BCUT2D eigenvalue weighted by molar-refractivity contribution is 0.324. The summed E-state index contributed by atoms with van der Waals surface area (Å²) >= 11 is 0. The van der Waals surface area contributed by atoms with E-state index in [4.69, 9.17) is 14.2 Å². The van der Waals surface area contributed by atoms with Crippen molar-refractivity contribution in [3.8, 4) is 17.2 Å². The van der Waals surface area contributed by atoms with Crippen LogP contribution in [0.3, 0.4) is 0 Å². The average Bonchev–Trinajstić information content (AvgIpc) is 2.45. The van der Waals surface area contributed by atoms with Gasteiger partial charge in [-0.2, -0.15) is 0 Å². The Morgan fingerprint density at radius 3 is 2.10 bits per heavy atom. The molecule has 112 valence electrons. The SMILES string of the molecule is COc1cc(C=NCCCN(C)C)cc(OC)c1OC. The fourth-order valence-electron chi connectivity index (χ4n) is 1.82. The molecular formula is C15H24N2O3. The first-order chi connectivity index (χ1) is 9.62. The van der Waals surface area contributed by atoms with Gasteiger partial charge in [0.25, 0.3) is 0 Å². The summed E-state index contributed by atoms with van der Waals surface area (Å²) in [6, 6.07) is 3.77. The van der Waals surface area contributed by atoms with Gasteiger partial charge in [-0.05, 0) is 44.8 Å². The molecule has 0 aliphatic rings. The van der Waals surface area contributed by atoms with Crippen LogP contribution in [0.2, 0.25) is 0 Å². The van der Waals surface area contributed by atoms with Crippen molar-refractivity contribution in [2.45, 2.75) is 6.42 Å². The second-order valence-electron chi connectivity index (χ2n) is 4.65. The van der Waals surface area contributed by atoms with E-state index in [1.807, 2.05) is 18.3 Å². The molecule has 1 rings (SSSR count). The molecule has 0 bridgehead atoms. The number of ether oxygens (including phenoxy) is 3. The lowest BCUT2D eigenvalue weighted by Crippen LogP contribution is -2.13. The van der Waals surface area contributed by atoms with E-state index in [0.29, 0.717) is 17.2 Å². The molecule has 1 aromatic rings. The number of hydrogen-bond donors (Lipinski definition) is 0. The predicted molar refractivity (Wildman–Crippen MR) is 81.7 cm³/mol. The highest BCUT2D eigenvalue weighted by Crippen LogP contribution is 2.37. The molecule has 0 spiro atoms. The molecule has 0 radical (unpaired) electrons. The lowest BCUT2D eigenvalue weighted by atomic mass is 10.2. The molecule has 0 N–H and O–H groups in total. The second kappa shape index (κ2) is 8.43. The fraction of sp³-hybridized carbons (Fsp3) is 0.533. The first kappa shape index (κ1) is 16.3. The van der Waals surface area contributed by atoms with E-state index in [0.717, 1.165) is 25.1 Å². The van der Waals surface area contributed by atoms with Crippen LogP contribution >= 0.6 is 0 Å². The lowest BCUT2D eigenvalue weighted by Gasteiger charge is -2.12. The van der Waals surface area contributed by atoms with Crippen molar-refractivity contribution >= 4 is 6.21 Å². The first-order valence-corrected chi connectivity index (χ1v) is 6.57. The molecule has 5 nitrogen and oxygen atoms in total. The molecule has 0 amide bonds. The minimum Gasteiger partial charge on any atom is -0.493 e. The number of methoxy groups -OCH3 is 3. The number of benzene rings is 1. The van der Waals surface area contributed by atoms with Crippen LogP contribution < -0.4 is 14.2 Å². The Bertz CT molecular complexity index is 420. The van der Waals surface area contributed by atoms with Crippen molar-refractivity contribution in [1.29, 1.82) is 0 Å². The highest BCUT2D eigenvalue weighted by atomic mass is 16.5. The third-order valence-electron chi connectivity index (χ3n) is 2.82. The van der Waals surface area contributed by atoms with Crippen LogP contribution in [0.1, 0.15) is 12.0 Å². The summed E-state index contributed by atoms with van der Waals surface area (Å²) in [5.41, 5.74) is 0.935. The first-order valence-electron chi connectivity index (χ1n) is 6.57. The van der Waals surface area contributed by atoms with E-state index >= 15 is 0 Å². The van der Waals surface area contributed by atoms with Crippen LogP contribution in [0, 0.1) is 0 Å². The van der Waals surface area contributed by atoms with Gasteiger partial charge in [-0.25, -0.2) is 0 Å². The molecule has 1 aromatic carbocycles. The topological polar surface area (TPSA) is 43.3 Å². The van der Waals surface area contributed by atoms with Gasteiger partial charge in [0.2, 0.25) is 5.75 Å². The van der Waals surface area contributed by atoms with Gasteiger partial charge in [0.1, 0.15) is 0 Å². The number of hydrogen-bond acceptors (Lipinski definition) is 5. The van der Waals surface area contributed by atoms with E-state index in [2.05, 4.69) is 24.0 Å². The zero-order valence-electron chi connectivity index (χ0n) is 13.0. The van der Waals surface area contributed by atoms with Gasteiger partial charge in [0.05, 0.1) is 21.3 Å². The van der Waals surface area contributed by atoms with Gasteiger partial charge in [-0.3, -0.25) is 4.99 Å². The summed E-state index contributed by atoms with van der Waals surface area (Å²) in [6.07, 6.45) is 2.87. The van der Waals surface area contributed by atoms with Crippen LogP contribution in [0.4, 0.5) is 0 Å². The number of nitrogens with zero attached hydrogens (tertiary/aromatic N) is 2. The molecule has 0 aliphatic carbocycles. The summed E-state index contributed by atoms with van der Waals surface area (Å²) in [5, 5.41) is 0. The van der Waals surface area contributed by atoms with E-state index in [1.165, 1.54) is 0 Å². The van der Waals surface area contributed by atoms with Crippen molar-refractivity contribution in [3.05, 3.63) is 17.7 Å². The van der Waals surface area contributed by atoms with E-state index < -0.39 is 0 Å². The van der Waals surface area contributed by atoms with Crippen molar-refractivity contribution in [2.75, 3.05) is 48.5 Å². The number of aliphatic imine (C=N–C) groups is 1. The van der Waals surface area contributed by atoms with E-state index in [-0.39, 0.29) is 0 Å². The predicted octanol–water partition coefficient (Wildman–Crippen LogP) is 2.08. The zero-order chi connectivity index (χ0) is 15.0. The minimum absolute atomic E-state index is 0.597. The maximum absolute atomic E-state index is 5.30. The summed E-state index contributed by atoms with van der Waals surface area (Å²) in [5.74, 6) is 1.88. The molecule has 5 heteroatoms. The Labute approximate surface area is 121 Å². The van der Waals surface area contributed by atoms with Gasteiger partial charge < -0.3 is 19.1 Å². The normalized spacial score (nSPS) is 11.1. The Balaban J connectivity index is 2.77. The van der Waals surface area contributed by atoms with Gasteiger partial charge in [-0.1, -0.05) is 0 Å². The van der Waals surface area contributed by atoms with E-state index in [1.54, 1.807) is 21.3 Å². The summed E-state index contributed by atoms with van der Waals surface area (Å²) in [6.45, 7) is 1.83. The molecule has 0 atom stereocenters. The second-order valence-corrected chi connectivity index (χ2v) is 4.65. The quantitative estimate of drug-likeness (QED) is 0.540. The van der Waals surface area contributed by atoms with Gasteiger partial charge >= 0.3 is 0 Å². The van der Waals surface area contributed by atoms with Gasteiger partial charge in [0.15, 0.2) is 11.5 Å². The third-order valence-corrected chi connectivity index (χ3v) is 2.82. The highest BCUT2D eigenvalue weighted by molar-refractivity contribution is 5.82. The van der Waals surface area contributed by atoms with Crippen LogP contribution in [0.5, 0.6) is 17.2 Å². The van der Waals surface area contributed by atoms with Crippen molar-refractivity contribution < 1.29 is 14.2 Å². The van der Waals surface area contributed by atoms with Gasteiger partial charge in [-0.15, -0.1) is 0 Å². The maximum atomic E-state index is 5.30. The van der Waals surface area contributed by atoms with Gasteiger partial charge in [0, 0.05) is 12.8 Å². The molecule has 0 aromatic heterocycles. The Morgan fingerprint density at radius 1 is 1.05 bits per heavy atom. The monoisotopic (exact) mass is 280 g/mol. The maximum Gasteiger partial charge on any atom is 0.203 e. The Kier molecular flexibility index (Phi) is 6.87. The molecule has 20 heavy (non-hydrogen) atoms. The van der Waals surface area contributed by atoms with Crippen molar-refractivity contribution in [1.82, 2.24) is 4.90 Å². The third kappa shape index (κ3) is 4.74. The molecule has 0 aliphatic heterocycles. The minimum atomic E-state index is 0.597. The Morgan fingerprint density at radius 2 is 1.65 bits per heavy atom. The van der Waals surface area contributed by atoms with E-state index in [9.17, 15) is 0 Å². The summed E-state index contributed by atoms with van der Waals surface area (Å²) in [7, 11) is 8.92. The van der Waals surface area contributed by atoms with Crippen molar-refractivity contribution in [3.63, 3.8) is 0 Å². The molecule has 0 saturated carbocycles. The average molecular weight is 280 g/mol. The molecule has 0 unspecified atom stereocenters. The standard InChI is InChI=1S/C15H24N2O3/c1-17(2)8-6-7-16-11-12-9-13(18-3)15(20-5)14(10-12)19-4/h9-11H,6-8H2,1-5H3. The smallest absolute Gasteiger partial charge is 0.203 e.